The third-order valence-electron chi connectivity index (χ3n) is 8.12. The van der Waals surface area contributed by atoms with E-state index in [9.17, 15) is 34.2 Å². The predicted molar refractivity (Wildman–Crippen MR) is 191 cm³/mol. The monoisotopic (exact) mass is 707 g/mol. The fourth-order valence-electron chi connectivity index (χ4n) is 5.35. The van der Waals surface area contributed by atoms with Crippen LogP contribution in [0.5, 0.6) is 11.5 Å². The first-order valence-electron chi connectivity index (χ1n) is 16.7. The number of carbonyl (C=O) groups excluding carboxylic acids is 5. The molecule has 16 heteroatoms. The molecule has 0 spiro atoms. The number of amides is 3. The van der Waals surface area contributed by atoms with Crippen molar-refractivity contribution in [2.45, 2.75) is 83.8 Å². The molecule has 51 heavy (non-hydrogen) atoms. The van der Waals surface area contributed by atoms with E-state index in [1.54, 1.807) is 24.3 Å². The Morgan fingerprint density at radius 2 is 1.35 bits per heavy atom. The maximum Gasteiger partial charge on any atom is 0.241 e. The van der Waals surface area contributed by atoms with Gasteiger partial charge in [-0.3, -0.25) is 29.0 Å². The Kier molecular flexibility index (Phi) is 17.1. The molecular formula is C35H49N9O7. The third kappa shape index (κ3) is 15.3. The number of aliphatic imine (C=N–C) groups is 1. The lowest BCUT2D eigenvalue weighted by molar-refractivity contribution is -0.134. The summed E-state index contributed by atoms with van der Waals surface area (Å²) in [5.41, 5.74) is 27.1. The second kappa shape index (κ2) is 20.9. The van der Waals surface area contributed by atoms with Crippen molar-refractivity contribution in [2.75, 3.05) is 6.54 Å². The maximum atomic E-state index is 13.8. The SMILES string of the molecule is CC(C)C[C@H](N)C(=O)C[C@@H](Cc1ccc(O)cc1)C(=O)N[C@@H](CCCN=C(N)N)C(=O)C[C@@H](C)C(=O)N[C@@H](Cc1ccc(O)cc1)C(=O)N=[N+]=[N-]. The quantitative estimate of drug-likeness (QED) is 0.0248. The second-order valence-corrected chi connectivity index (χ2v) is 13.0. The predicted octanol–water partition coefficient (Wildman–Crippen LogP) is 2.29. The molecule has 0 fully saturated rings. The van der Waals surface area contributed by atoms with Crippen LogP contribution in [0.3, 0.4) is 0 Å². The Hall–Kier alpha value is -5.47. The molecule has 0 saturated heterocycles. The number of ketones is 2. The van der Waals surface area contributed by atoms with Gasteiger partial charge in [0.15, 0.2) is 11.7 Å². The number of hydrogen-bond donors (Lipinski definition) is 7. The Bertz CT molecular complexity index is 1570. The molecule has 2 aromatic carbocycles. The van der Waals surface area contributed by atoms with E-state index >= 15 is 0 Å². The largest absolute Gasteiger partial charge is 0.508 e. The van der Waals surface area contributed by atoms with Gasteiger partial charge in [0, 0.05) is 36.1 Å². The minimum atomic E-state index is -1.24. The van der Waals surface area contributed by atoms with Crippen molar-refractivity contribution in [3.8, 4) is 11.5 Å². The molecule has 0 aliphatic rings. The van der Waals surface area contributed by atoms with Gasteiger partial charge in [-0.25, -0.2) is 0 Å². The van der Waals surface area contributed by atoms with Crippen LogP contribution in [0, 0.1) is 17.8 Å². The van der Waals surface area contributed by atoms with Gasteiger partial charge >= 0.3 is 0 Å². The van der Waals surface area contributed by atoms with Gasteiger partial charge in [0.1, 0.15) is 17.3 Å². The van der Waals surface area contributed by atoms with E-state index in [0.717, 1.165) is 0 Å². The Balaban J connectivity index is 2.27. The fourth-order valence-corrected chi connectivity index (χ4v) is 5.35. The number of carbonyl (C=O) groups is 5. The van der Waals surface area contributed by atoms with Crippen molar-refractivity contribution < 1.29 is 34.2 Å². The number of guanidine groups is 1. The van der Waals surface area contributed by atoms with Crippen LogP contribution >= 0.6 is 0 Å². The van der Waals surface area contributed by atoms with Crippen molar-refractivity contribution in [2.24, 2.45) is 45.1 Å². The zero-order chi connectivity index (χ0) is 38.1. The highest BCUT2D eigenvalue weighted by Crippen LogP contribution is 2.20. The highest BCUT2D eigenvalue weighted by molar-refractivity contribution is 5.95. The Labute approximate surface area is 296 Å². The molecule has 0 heterocycles. The summed E-state index contributed by atoms with van der Waals surface area (Å²) in [6.45, 7) is 5.50. The second-order valence-electron chi connectivity index (χ2n) is 13.0. The molecule has 16 nitrogen and oxygen atoms in total. The Morgan fingerprint density at radius 1 is 0.804 bits per heavy atom. The lowest BCUT2D eigenvalue weighted by Gasteiger charge is -2.24. The van der Waals surface area contributed by atoms with Crippen LogP contribution in [-0.4, -0.2) is 70.1 Å². The summed E-state index contributed by atoms with van der Waals surface area (Å²) in [7, 11) is 0. The summed E-state index contributed by atoms with van der Waals surface area (Å²) in [4.78, 5) is 72.8. The summed E-state index contributed by atoms with van der Waals surface area (Å²) in [5.74, 6) is -4.80. The summed E-state index contributed by atoms with van der Waals surface area (Å²) >= 11 is 0. The zero-order valence-electron chi connectivity index (χ0n) is 29.2. The van der Waals surface area contributed by atoms with Crippen LogP contribution in [0.15, 0.2) is 58.6 Å². The van der Waals surface area contributed by atoms with E-state index < -0.39 is 53.5 Å². The number of hydrogen-bond acceptors (Lipinski definition) is 9. The lowest BCUT2D eigenvalue weighted by Crippen LogP contribution is -2.47. The van der Waals surface area contributed by atoms with Gasteiger partial charge in [-0.05, 0) is 84.1 Å². The van der Waals surface area contributed by atoms with Crippen LogP contribution in [0.2, 0.25) is 0 Å². The number of benzene rings is 2. The Morgan fingerprint density at radius 3 is 1.88 bits per heavy atom. The molecule has 10 N–H and O–H groups in total. The first kappa shape index (κ1) is 41.7. The molecule has 0 aromatic heterocycles. The van der Waals surface area contributed by atoms with Gasteiger partial charge in [-0.1, -0.05) is 45.0 Å². The molecule has 3 amide bonds. The van der Waals surface area contributed by atoms with Crippen LogP contribution in [-0.2, 0) is 36.8 Å². The van der Waals surface area contributed by atoms with Crippen LogP contribution in [0.4, 0.5) is 0 Å². The minimum Gasteiger partial charge on any atom is -0.508 e. The van der Waals surface area contributed by atoms with E-state index in [1.807, 2.05) is 13.8 Å². The smallest absolute Gasteiger partial charge is 0.241 e. The van der Waals surface area contributed by atoms with Crippen molar-refractivity contribution in [3.05, 3.63) is 70.1 Å². The average Bonchev–Trinajstić information content (AvgIpc) is 3.06. The van der Waals surface area contributed by atoms with E-state index in [2.05, 4.69) is 25.7 Å². The van der Waals surface area contributed by atoms with Crippen molar-refractivity contribution >= 4 is 35.2 Å². The summed E-state index contributed by atoms with van der Waals surface area (Å²) in [6.07, 6.45) is 0.407. The summed E-state index contributed by atoms with van der Waals surface area (Å²) < 4.78 is 0. The van der Waals surface area contributed by atoms with Crippen molar-refractivity contribution in [1.29, 1.82) is 0 Å². The number of rotatable bonds is 21. The molecule has 0 bridgehead atoms. The number of azide groups is 1. The molecule has 2 aromatic rings. The maximum absolute atomic E-state index is 13.8. The van der Waals surface area contributed by atoms with Gasteiger partial charge in [0.05, 0.1) is 18.1 Å². The van der Waals surface area contributed by atoms with E-state index in [4.69, 9.17) is 22.7 Å². The van der Waals surface area contributed by atoms with Gasteiger partial charge < -0.3 is 38.0 Å². The molecule has 0 radical (unpaired) electrons. The lowest BCUT2D eigenvalue weighted by atomic mass is 9.88. The number of aromatic hydroxyl groups is 2. The van der Waals surface area contributed by atoms with E-state index in [-0.39, 0.29) is 67.8 Å². The molecule has 0 saturated carbocycles. The first-order valence-corrected chi connectivity index (χ1v) is 16.7. The molecular weight excluding hydrogens is 658 g/mol. The van der Waals surface area contributed by atoms with Gasteiger partial charge in [0.25, 0.3) is 0 Å². The fraction of sp³-hybridized carbons (Fsp3) is 0.486. The minimum absolute atomic E-state index is 0.000705. The molecule has 0 unspecified atom stereocenters. The molecule has 0 aliphatic heterocycles. The van der Waals surface area contributed by atoms with Gasteiger partial charge in [-0.2, -0.15) is 0 Å². The van der Waals surface area contributed by atoms with E-state index in [0.29, 0.717) is 24.0 Å². The van der Waals surface area contributed by atoms with Crippen LogP contribution < -0.4 is 27.8 Å². The molecule has 5 atom stereocenters. The highest BCUT2D eigenvalue weighted by atomic mass is 16.3. The number of Topliss-reactive ketones (excluding diaryl/α,β-unsaturated/α-hetero) is 2. The summed E-state index contributed by atoms with van der Waals surface area (Å²) in [6, 6.07) is 8.99. The van der Waals surface area contributed by atoms with E-state index in [1.165, 1.54) is 31.2 Å². The standard InChI is InChI=1S/C35H49N9O7/c1-20(2)15-27(36)30(47)19-24(17-22-6-10-25(45)11-7-22)33(50)41-28(5-4-14-40-35(37)38)31(48)16-21(3)32(49)42-29(34(51)43-44-39)18-23-8-12-26(46)13-9-23/h6-13,20-21,24,27-29,45-46H,4-5,14-19,36H2,1-3H3,(H,41,50)(H,42,49)(H4,37,38,40)/t21-,24-,27+,28+,29+/m1/s1. The summed E-state index contributed by atoms with van der Waals surface area (Å²) in [5, 5.41) is 27.7. The number of nitrogens with zero attached hydrogens (tertiary/aromatic N) is 4. The number of nitrogens with two attached hydrogens (primary N) is 3. The molecule has 2 rings (SSSR count). The van der Waals surface area contributed by atoms with Gasteiger partial charge in [0.2, 0.25) is 17.7 Å². The third-order valence-corrected chi connectivity index (χ3v) is 8.12. The highest BCUT2D eigenvalue weighted by Gasteiger charge is 2.31. The van der Waals surface area contributed by atoms with Crippen LogP contribution in [0.1, 0.15) is 64.0 Å². The average molecular weight is 708 g/mol. The topological polar surface area (TPSA) is 289 Å². The van der Waals surface area contributed by atoms with Crippen molar-refractivity contribution in [3.63, 3.8) is 0 Å². The molecule has 0 aliphatic carbocycles. The number of phenols is 2. The van der Waals surface area contributed by atoms with Gasteiger partial charge in [-0.15, -0.1) is 0 Å². The van der Waals surface area contributed by atoms with Crippen molar-refractivity contribution in [1.82, 2.24) is 10.6 Å². The molecule has 276 valence electrons. The van der Waals surface area contributed by atoms with Crippen LogP contribution in [0.25, 0.3) is 10.4 Å². The number of nitrogens with one attached hydrogen (secondary N) is 2. The number of phenolic OH excluding ortho intramolecular Hbond substituents is 2. The normalized spacial score (nSPS) is 13.8. The zero-order valence-corrected chi connectivity index (χ0v) is 29.2. The first-order chi connectivity index (χ1) is 24.1.